The third-order valence-electron chi connectivity index (χ3n) is 3.50. The van der Waals surface area contributed by atoms with Crippen molar-refractivity contribution in [2.24, 2.45) is 0 Å². The van der Waals surface area contributed by atoms with Crippen LogP contribution >= 0.6 is 11.8 Å². The van der Waals surface area contributed by atoms with Gasteiger partial charge in [0.05, 0.1) is 12.2 Å². The molecule has 1 aliphatic carbocycles. The van der Waals surface area contributed by atoms with E-state index >= 15 is 0 Å². The van der Waals surface area contributed by atoms with Crippen molar-refractivity contribution in [3.63, 3.8) is 0 Å². The first-order valence-corrected chi connectivity index (χ1v) is 6.51. The molecule has 78 valence electrons. The van der Waals surface area contributed by atoms with Crippen molar-refractivity contribution in [3.05, 3.63) is 0 Å². The Bertz CT molecular complexity index is 259. The number of nitrogens with zero attached hydrogens (tertiary/aromatic N) is 1. The highest BCUT2D eigenvalue weighted by atomic mass is 32.2. The summed E-state index contributed by atoms with van der Waals surface area (Å²) in [6.45, 7) is 1.76. The first kappa shape index (κ1) is 9.04. The Morgan fingerprint density at radius 1 is 1.57 bits per heavy atom. The number of carbonyl (C=O) groups excluding carboxylic acids is 1. The topological polar surface area (TPSA) is 32.3 Å². The van der Waals surface area contributed by atoms with E-state index in [0.29, 0.717) is 11.2 Å². The van der Waals surface area contributed by atoms with Crippen LogP contribution in [0.1, 0.15) is 25.7 Å². The van der Waals surface area contributed by atoms with E-state index in [4.69, 9.17) is 0 Å². The Morgan fingerprint density at radius 2 is 2.43 bits per heavy atom. The predicted octanol–water partition coefficient (Wildman–Crippen LogP) is 0.804. The second-order valence-corrected chi connectivity index (χ2v) is 5.99. The van der Waals surface area contributed by atoms with E-state index in [1.54, 1.807) is 0 Å². The highest BCUT2D eigenvalue weighted by molar-refractivity contribution is 8.00. The van der Waals surface area contributed by atoms with Crippen molar-refractivity contribution in [1.29, 1.82) is 0 Å². The SMILES string of the molecule is O=C1N(CC2CCCS2)CNC12CC2. The van der Waals surface area contributed by atoms with Crippen LogP contribution in [0.3, 0.4) is 0 Å². The van der Waals surface area contributed by atoms with Gasteiger partial charge in [-0.3, -0.25) is 10.1 Å². The van der Waals surface area contributed by atoms with Crippen LogP contribution in [-0.2, 0) is 4.79 Å². The molecular formula is C10H16N2OS. The van der Waals surface area contributed by atoms with Crippen LogP contribution in [0.5, 0.6) is 0 Å². The zero-order valence-corrected chi connectivity index (χ0v) is 9.11. The lowest BCUT2D eigenvalue weighted by atomic mass is 10.2. The molecule has 2 heterocycles. The molecule has 1 atom stereocenters. The van der Waals surface area contributed by atoms with Crippen LogP contribution in [0.4, 0.5) is 0 Å². The molecule has 1 spiro atoms. The second-order valence-electron chi connectivity index (χ2n) is 4.58. The van der Waals surface area contributed by atoms with Gasteiger partial charge >= 0.3 is 0 Å². The van der Waals surface area contributed by atoms with Gasteiger partial charge in [0.2, 0.25) is 5.91 Å². The molecule has 3 fully saturated rings. The Morgan fingerprint density at radius 3 is 3.00 bits per heavy atom. The van der Waals surface area contributed by atoms with Crippen LogP contribution in [0.2, 0.25) is 0 Å². The normalized spacial score (nSPS) is 34.4. The van der Waals surface area contributed by atoms with Crippen LogP contribution in [0, 0.1) is 0 Å². The van der Waals surface area contributed by atoms with E-state index in [1.165, 1.54) is 18.6 Å². The molecular weight excluding hydrogens is 196 g/mol. The maximum atomic E-state index is 11.9. The molecule has 3 rings (SSSR count). The average molecular weight is 212 g/mol. The number of nitrogens with one attached hydrogen (secondary N) is 1. The molecule has 0 bridgehead atoms. The highest BCUT2D eigenvalue weighted by Gasteiger charge is 2.55. The van der Waals surface area contributed by atoms with Gasteiger partial charge in [0.25, 0.3) is 0 Å². The number of carbonyl (C=O) groups is 1. The zero-order valence-electron chi connectivity index (χ0n) is 8.29. The first-order valence-electron chi connectivity index (χ1n) is 5.46. The van der Waals surface area contributed by atoms with Gasteiger partial charge in [-0.15, -0.1) is 0 Å². The fraction of sp³-hybridized carbons (Fsp3) is 0.900. The Hall–Kier alpha value is -0.220. The molecule has 1 unspecified atom stereocenters. The third kappa shape index (κ3) is 1.36. The molecule has 0 aromatic carbocycles. The Kier molecular flexibility index (Phi) is 2.02. The molecule has 0 radical (unpaired) electrons. The van der Waals surface area contributed by atoms with Crippen LogP contribution in [-0.4, -0.2) is 40.6 Å². The summed E-state index contributed by atoms with van der Waals surface area (Å²) in [6, 6.07) is 0. The van der Waals surface area contributed by atoms with Gasteiger partial charge in [0.1, 0.15) is 0 Å². The van der Waals surface area contributed by atoms with E-state index in [0.717, 1.165) is 26.1 Å². The third-order valence-corrected chi connectivity index (χ3v) is 4.88. The average Bonchev–Trinajstić information content (AvgIpc) is 2.69. The fourth-order valence-electron chi connectivity index (χ4n) is 2.39. The maximum absolute atomic E-state index is 11.9. The molecule has 0 aromatic heterocycles. The summed E-state index contributed by atoms with van der Waals surface area (Å²) in [4.78, 5) is 14.0. The summed E-state index contributed by atoms with van der Waals surface area (Å²) in [7, 11) is 0. The van der Waals surface area contributed by atoms with Crippen molar-refractivity contribution in [1.82, 2.24) is 10.2 Å². The summed E-state index contributed by atoms with van der Waals surface area (Å²) >= 11 is 2.03. The van der Waals surface area contributed by atoms with E-state index in [1.807, 2.05) is 16.7 Å². The van der Waals surface area contributed by atoms with Crippen molar-refractivity contribution in [3.8, 4) is 0 Å². The van der Waals surface area contributed by atoms with Crippen LogP contribution in [0.15, 0.2) is 0 Å². The number of amides is 1. The zero-order chi connectivity index (χ0) is 9.60. The lowest BCUT2D eigenvalue weighted by molar-refractivity contribution is -0.129. The quantitative estimate of drug-likeness (QED) is 0.735. The van der Waals surface area contributed by atoms with Crippen molar-refractivity contribution >= 4 is 17.7 Å². The van der Waals surface area contributed by atoms with E-state index < -0.39 is 0 Å². The molecule has 1 saturated carbocycles. The Labute approximate surface area is 88.6 Å². The predicted molar refractivity (Wildman–Crippen MR) is 57.2 cm³/mol. The summed E-state index contributed by atoms with van der Waals surface area (Å²) in [6.07, 6.45) is 4.73. The van der Waals surface area contributed by atoms with Crippen LogP contribution < -0.4 is 5.32 Å². The van der Waals surface area contributed by atoms with E-state index in [9.17, 15) is 4.79 Å². The molecule has 3 aliphatic rings. The lowest BCUT2D eigenvalue weighted by Gasteiger charge is -2.19. The summed E-state index contributed by atoms with van der Waals surface area (Å²) in [5.74, 6) is 1.65. The van der Waals surface area contributed by atoms with Gasteiger partial charge in [-0.2, -0.15) is 11.8 Å². The summed E-state index contributed by atoms with van der Waals surface area (Å²) in [5, 5.41) is 4.05. The number of hydrogen-bond acceptors (Lipinski definition) is 3. The van der Waals surface area contributed by atoms with Crippen LogP contribution in [0.25, 0.3) is 0 Å². The Balaban J connectivity index is 1.60. The smallest absolute Gasteiger partial charge is 0.243 e. The monoisotopic (exact) mass is 212 g/mol. The molecule has 2 saturated heterocycles. The number of hydrogen-bond donors (Lipinski definition) is 1. The fourth-order valence-corrected chi connectivity index (χ4v) is 3.68. The summed E-state index contributed by atoms with van der Waals surface area (Å²) < 4.78 is 0. The molecule has 1 amide bonds. The molecule has 4 heteroatoms. The van der Waals surface area contributed by atoms with Gasteiger partial charge in [0, 0.05) is 11.8 Å². The minimum absolute atomic E-state index is 0.0940. The van der Waals surface area contributed by atoms with Gasteiger partial charge in [0.15, 0.2) is 0 Å². The minimum atomic E-state index is -0.0940. The van der Waals surface area contributed by atoms with Gasteiger partial charge in [-0.05, 0) is 31.4 Å². The largest absolute Gasteiger partial charge is 0.327 e. The van der Waals surface area contributed by atoms with Gasteiger partial charge in [-0.25, -0.2) is 0 Å². The van der Waals surface area contributed by atoms with Crippen molar-refractivity contribution < 1.29 is 4.79 Å². The molecule has 3 nitrogen and oxygen atoms in total. The van der Waals surface area contributed by atoms with Gasteiger partial charge < -0.3 is 4.90 Å². The highest BCUT2D eigenvalue weighted by Crippen LogP contribution is 2.40. The molecule has 0 aromatic rings. The second kappa shape index (κ2) is 3.14. The number of rotatable bonds is 2. The van der Waals surface area contributed by atoms with E-state index in [2.05, 4.69) is 5.32 Å². The number of thioether (sulfide) groups is 1. The van der Waals surface area contributed by atoms with Crippen molar-refractivity contribution in [2.45, 2.75) is 36.5 Å². The minimum Gasteiger partial charge on any atom is -0.327 e. The van der Waals surface area contributed by atoms with Crippen molar-refractivity contribution in [2.75, 3.05) is 19.0 Å². The van der Waals surface area contributed by atoms with E-state index in [-0.39, 0.29) is 5.54 Å². The lowest BCUT2D eigenvalue weighted by Crippen LogP contribution is -2.35. The summed E-state index contributed by atoms with van der Waals surface area (Å²) in [5.41, 5.74) is -0.0940. The molecule has 1 N–H and O–H groups in total. The maximum Gasteiger partial charge on any atom is 0.243 e. The standard InChI is InChI=1S/C10H16N2OS/c13-9-10(3-4-10)11-7-12(9)6-8-2-1-5-14-8/h8,11H,1-7H2. The van der Waals surface area contributed by atoms with Gasteiger partial charge in [-0.1, -0.05) is 0 Å². The first-order chi connectivity index (χ1) is 6.80. The molecule has 14 heavy (non-hydrogen) atoms. The molecule has 2 aliphatic heterocycles.